The highest BCUT2D eigenvalue weighted by Crippen LogP contribution is 2.21. The number of pyridine rings is 2. The first-order chi connectivity index (χ1) is 11.6. The van der Waals surface area contributed by atoms with Crippen molar-refractivity contribution in [3.63, 3.8) is 0 Å². The van der Waals surface area contributed by atoms with Gasteiger partial charge in [-0.3, -0.25) is 4.98 Å². The van der Waals surface area contributed by atoms with E-state index in [1.807, 2.05) is 19.2 Å². The zero-order valence-electron chi connectivity index (χ0n) is 13.7. The largest absolute Gasteiger partial charge is 0.367 e. The molecule has 0 aliphatic carbocycles. The lowest BCUT2D eigenvalue weighted by atomic mass is 10.0. The summed E-state index contributed by atoms with van der Waals surface area (Å²) in [6.07, 6.45) is 5.64. The maximum absolute atomic E-state index is 10.7. The Hall–Kier alpha value is -2.54. The summed E-state index contributed by atoms with van der Waals surface area (Å²) < 4.78 is 0. The second kappa shape index (κ2) is 7.35. The van der Waals surface area contributed by atoms with Gasteiger partial charge in [0.05, 0.1) is 5.69 Å². The summed E-state index contributed by atoms with van der Waals surface area (Å²) in [7, 11) is 0. The fourth-order valence-corrected chi connectivity index (χ4v) is 3.03. The van der Waals surface area contributed by atoms with Crippen LogP contribution in [0, 0.1) is 17.0 Å². The lowest BCUT2D eigenvalue weighted by Crippen LogP contribution is -2.45. The number of anilines is 1. The molecule has 3 heterocycles. The zero-order chi connectivity index (χ0) is 16.9. The highest BCUT2D eigenvalue weighted by Gasteiger charge is 2.21. The minimum atomic E-state index is -0.471. The molecular formula is C17H21N5O2. The number of hydrogen-bond acceptors (Lipinski definition) is 6. The van der Waals surface area contributed by atoms with E-state index in [4.69, 9.17) is 0 Å². The number of hydrogen-bond donors (Lipinski definition) is 1. The van der Waals surface area contributed by atoms with E-state index < -0.39 is 4.92 Å². The number of piperidine rings is 1. The third-order valence-corrected chi connectivity index (χ3v) is 4.26. The van der Waals surface area contributed by atoms with Gasteiger partial charge in [-0.2, -0.15) is 0 Å². The normalized spacial score (nSPS) is 17.7. The second-order valence-electron chi connectivity index (χ2n) is 6.10. The van der Waals surface area contributed by atoms with Gasteiger partial charge in [-0.15, -0.1) is 0 Å². The van der Waals surface area contributed by atoms with Gasteiger partial charge in [0.1, 0.15) is 0 Å². The zero-order valence-corrected chi connectivity index (χ0v) is 13.7. The first-order valence-electron chi connectivity index (χ1n) is 8.12. The van der Waals surface area contributed by atoms with Crippen LogP contribution in [0.25, 0.3) is 0 Å². The number of nitrogens with zero attached hydrogens (tertiary/aromatic N) is 4. The van der Waals surface area contributed by atoms with E-state index in [0.29, 0.717) is 6.04 Å². The predicted octanol–water partition coefficient (Wildman–Crippen LogP) is 2.45. The van der Waals surface area contributed by atoms with Crippen LogP contribution in [0.3, 0.4) is 0 Å². The molecule has 3 rings (SSSR count). The Balaban J connectivity index is 1.58. The van der Waals surface area contributed by atoms with Crippen LogP contribution in [-0.2, 0) is 6.54 Å². The lowest BCUT2D eigenvalue weighted by molar-refractivity contribution is -0.389. The average molecular weight is 327 g/mol. The first kappa shape index (κ1) is 16.3. The Morgan fingerprint density at radius 3 is 2.96 bits per heavy atom. The molecule has 0 aromatic carbocycles. The van der Waals surface area contributed by atoms with Gasteiger partial charge >= 0.3 is 5.82 Å². The smallest absolute Gasteiger partial charge is 0.363 e. The molecule has 2 aromatic rings. The van der Waals surface area contributed by atoms with Gasteiger partial charge in [0.2, 0.25) is 0 Å². The van der Waals surface area contributed by atoms with Gasteiger partial charge in [0.25, 0.3) is 0 Å². The van der Waals surface area contributed by atoms with Crippen molar-refractivity contribution in [3.8, 4) is 0 Å². The van der Waals surface area contributed by atoms with Crippen LogP contribution in [0.1, 0.15) is 24.1 Å². The summed E-state index contributed by atoms with van der Waals surface area (Å²) in [4.78, 5) is 20.6. The van der Waals surface area contributed by atoms with Gasteiger partial charge in [-0.1, -0.05) is 0 Å². The van der Waals surface area contributed by atoms with E-state index in [-0.39, 0.29) is 5.82 Å². The molecule has 7 heteroatoms. The van der Waals surface area contributed by atoms with Crippen molar-refractivity contribution in [1.82, 2.24) is 15.3 Å². The molecule has 0 saturated carbocycles. The second-order valence-corrected chi connectivity index (χ2v) is 6.10. The summed E-state index contributed by atoms with van der Waals surface area (Å²) in [6.45, 7) is 4.64. The molecule has 0 radical (unpaired) electrons. The fourth-order valence-electron chi connectivity index (χ4n) is 3.03. The van der Waals surface area contributed by atoms with Crippen molar-refractivity contribution in [2.24, 2.45) is 0 Å². The quantitative estimate of drug-likeness (QED) is 0.671. The van der Waals surface area contributed by atoms with E-state index in [9.17, 15) is 10.1 Å². The minimum absolute atomic E-state index is 0.113. The maximum atomic E-state index is 10.7. The van der Waals surface area contributed by atoms with Crippen LogP contribution < -0.4 is 10.2 Å². The molecule has 126 valence electrons. The summed E-state index contributed by atoms with van der Waals surface area (Å²) in [5, 5.41) is 14.3. The molecule has 1 saturated heterocycles. The Morgan fingerprint density at radius 2 is 2.25 bits per heavy atom. The summed E-state index contributed by atoms with van der Waals surface area (Å²) in [6, 6.07) is 7.75. The molecule has 1 N–H and O–H groups in total. The lowest BCUT2D eigenvalue weighted by Gasteiger charge is -2.34. The van der Waals surface area contributed by atoms with Crippen molar-refractivity contribution in [1.29, 1.82) is 0 Å². The van der Waals surface area contributed by atoms with Crippen LogP contribution in [-0.4, -0.2) is 34.0 Å². The molecule has 1 aliphatic rings. The molecule has 0 unspecified atom stereocenters. The third kappa shape index (κ3) is 4.05. The van der Waals surface area contributed by atoms with E-state index >= 15 is 0 Å². The summed E-state index contributed by atoms with van der Waals surface area (Å²) in [5.74, 6) is -0.113. The van der Waals surface area contributed by atoms with Gasteiger partial charge in [-0.05, 0) is 53.4 Å². The number of aryl methyl sites for hydroxylation is 1. The van der Waals surface area contributed by atoms with Crippen molar-refractivity contribution >= 4 is 11.5 Å². The van der Waals surface area contributed by atoms with Crippen molar-refractivity contribution in [3.05, 3.63) is 58.0 Å². The highest BCUT2D eigenvalue weighted by atomic mass is 16.6. The Morgan fingerprint density at radius 1 is 1.38 bits per heavy atom. The highest BCUT2D eigenvalue weighted by molar-refractivity contribution is 5.47. The monoisotopic (exact) mass is 327 g/mol. The third-order valence-electron chi connectivity index (χ3n) is 4.26. The maximum Gasteiger partial charge on any atom is 0.363 e. The molecule has 0 amide bonds. The Labute approximate surface area is 140 Å². The molecule has 24 heavy (non-hydrogen) atoms. The van der Waals surface area contributed by atoms with Crippen LogP contribution in [0.4, 0.5) is 11.5 Å². The molecule has 7 nitrogen and oxygen atoms in total. The summed E-state index contributed by atoms with van der Waals surface area (Å²) >= 11 is 0. The van der Waals surface area contributed by atoms with E-state index in [2.05, 4.69) is 26.3 Å². The van der Waals surface area contributed by atoms with Gasteiger partial charge < -0.3 is 20.3 Å². The van der Waals surface area contributed by atoms with Crippen LogP contribution in [0.15, 0.2) is 36.7 Å². The number of aromatic nitrogens is 2. The Kier molecular flexibility index (Phi) is 5.00. The van der Waals surface area contributed by atoms with Crippen molar-refractivity contribution < 1.29 is 4.92 Å². The van der Waals surface area contributed by atoms with E-state index in [0.717, 1.165) is 43.9 Å². The van der Waals surface area contributed by atoms with E-state index in [1.165, 1.54) is 11.6 Å². The Bertz CT molecular complexity index is 704. The molecule has 1 fully saturated rings. The van der Waals surface area contributed by atoms with Gasteiger partial charge in [-0.25, -0.2) is 0 Å². The number of nitro groups is 1. The standard InChI is InChI=1S/C17H21N5O2/c1-13-9-14(6-7-18-13)10-19-15-3-2-8-21(12-15)16-4-5-17(20-11-16)22(23)24/h4-7,9,11,15,19H,2-3,8,10,12H2,1H3/t15-/m0/s1. The van der Waals surface area contributed by atoms with E-state index in [1.54, 1.807) is 12.3 Å². The van der Waals surface area contributed by atoms with Gasteiger partial charge in [0, 0.05) is 43.6 Å². The van der Waals surface area contributed by atoms with Crippen molar-refractivity contribution in [2.45, 2.75) is 32.4 Å². The summed E-state index contributed by atoms with van der Waals surface area (Å²) in [5.41, 5.74) is 3.19. The van der Waals surface area contributed by atoms with Crippen LogP contribution in [0.2, 0.25) is 0 Å². The SMILES string of the molecule is Cc1cc(CN[C@H]2CCCN(c3ccc([N+](=O)[O-])nc3)C2)ccn1. The molecule has 0 spiro atoms. The fraction of sp³-hybridized carbons (Fsp3) is 0.412. The molecule has 2 aromatic heterocycles. The van der Waals surface area contributed by atoms with Crippen LogP contribution >= 0.6 is 0 Å². The molecular weight excluding hydrogens is 306 g/mol. The topological polar surface area (TPSA) is 84.2 Å². The number of rotatable bonds is 5. The molecule has 0 bridgehead atoms. The minimum Gasteiger partial charge on any atom is -0.367 e. The molecule has 1 atom stereocenters. The number of nitrogens with one attached hydrogen (secondary N) is 1. The van der Waals surface area contributed by atoms with Crippen molar-refractivity contribution in [2.75, 3.05) is 18.0 Å². The van der Waals surface area contributed by atoms with Crippen LogP contribution in [0.5, 0.6) is 0 Å². The average Bonchev–Trinajstić information content (AvgIpc) is 2.60. The molecule has 1 aliphatic heterocycles. The predicted molar refractivity (Wildman–Crippen MR) is 91.9 cm³/mol. The first-order valence-corrected chi connectivity index (χ1v) is 8.12. The van der Waals surface area contributed by atoms with Gasteiger partial charge in [0.15, 0.2) is 6.20 Å².